The third-order valence-corrected chi connectivity index (χ3v) is 4.56. The van der Waals surface area contributed by atoms with Crippen molar-refractivity contribution in [2.45, 2.75) is 12.7 Å². The van der Waals surface area contributed by atoms with Crippen molar-refractivity contribution in [2.24, 2.45) is 0 Å². The predicted octanol–water partition coefficient (Wildman–Crippen LogP) is 4.71. The number of aromatic nitrogens is 3. The van der Waals surface area contributed by atoms with Crippen LogP contribution in [0.3, 0.4) is 0 Å². The molecule has 4 aromatic rings. The van der Waals surface area contributed by atoms with Gasteiger partial charge in [-0.25, -0.2) is 9.97 Å². The number of imidazole rings is 1. The van der Waals surface area contributed by atoms with E-state index in [1.165, 1.54) is 15.9 Å². The van der Waals surface area contributed by atoms with Crippen molar-refractivity contribution in [2.75, 3.05) is 0 Å². The van der Waals surface area contributed by atoms with E-state index in [-0.39, 0.29) is 6.54 Å². The summed E-state index contributed by atoms with van der Waals surface area (Å²) in [6, 6.07) is 14.1. The van der Waals surface area contributed by atoms with Crippen molar-refractivity contribution in [1.29, 1.82) is 0 Å². The minimum Gasteiger partial charge on any atom is -0.313 e. The number of alkyl halides is 3. The van der Waals surface area contributed by atoms with Gasteiger partial charge in [0.15, 0.2) is 0 Å². The van der Waals surface area contributed by atoms with E-state index in [1.807, 2.05) is 24.3 Å². The SMILES string of the molecule is FC(F)(F)c1nc2ccccc2n1Cc1nc2ccccc2s1. The van der Waals surface area contributed by atoms with Crippen molar-refractivity contribution >= 4 is 32.6 Å². The van der Waals surface area contributed by atoms with E-state index < -0.39 is 12.0 Å². The maximum atomic E-state index is 13.3. The minimum absolute atomic E-state index is 0.0503. The molecule has 0 aliphatic heterocycles. The molecule has 2 aromatic carbocycles. The molecule has 0 radical (unpaired) electrons. The first-order chi connectivity index (χ1) is 11.0. The lowest BCUT2D eigenvalue weighted by atomic mass is 10.3. The van der Waals surface area contributed by atoms with Crippen molar-refractivity contribution < 1.29 is 13.2 Å². The molecule has 2 heterocycles. The van der Waals surface area contributed by atoms with E-state index in [0.29, 0.717) is 16.0 Å². The second-order valence-electron chi connectivity index (χ2n) is 5.08. The van der Waals surface area contributed by atoms with Gasteiger partial charge in [-0.3, -0.25) is 0 Å². The molecule has 0 fully saturated rings. The van der Waals surface area contributed by atoms with Gasteiger partial charge in [-0.05, 0) is 24.3 Å². The molecule has 7 heteroatoms. The first-order valence-corrected chi connectivity index (χ1v) is 7.71. The second kappa shape index (κ2) is 5.06. The third kappa shape index (κ3) is 2.46. The molecule has 0 bridgehead atoms. The van der Waals surface area contributed by atoms with Crippen LogP contribution in [-0.4, -0.2) is 14.5 Å². The first kappa shape index (κ1) is 14.2. The van der Waals surface area contributed by atoms with E-state index in [2.05, 4.69) is 9.97 Å². The zero-order chi connectivity index (χ0) is 16.0. The Kier molecular flexibility index (Phi) is 3.12. The van der Waals surface area contributed by atoms with Gasteiger partial charge in [0.05, 0.1) is 27.8 Å². The van der Waals surface area contributed by atoms with Crippen molar-refractivity contribution in [3.05, 3.63) is 59.4 Å². The largest absolute Gasteiger partial charge is 0.449 e. The number of benzene rings is 2. The highest BCUT2D eigenvalue weighted by molar-refractivity contribution is 7.18. The molecular formula is C16H10F3N3S. The quantitative estimate of drug-likeness (QED) is 0.532. The van der Waals surface area contributed by atoms with Crippen LogP contribution in [0, 0.1) is 0 Å². The molecular weight excluding hydrogens is 323 g/mol. The smallest absolute Gasteiger partial charge is 0.313 e. The van der Waals surface area contributed by atoms with Crippen LogP contribution in [0.5, 0.6) is 0 Å². The van der Waals surface area contributed by atoms with Gasteiger partial charge < -0.3 is 4.57 Å². The van der Waals surface area contributed by atoms with E-state index in [1.54, 1.807) is 24.3 Å². The zero-order valence-corrected chi connectivity index (χ0v) is 12.5. The molecule has 116 valence electrons. The molecule has 23 heavy (non-hydrogen) atoms. The maximum Gasteiger partial charge on any atom is 0.449 e. The second-order valence-corrected chi connectivity index (χ2v) is 6.20. The van der Waals surface area contributed by atoms with E-state index in [4.69, 9.17) is 0 Å². The number of rotatable bonds is 2. The van der Waals surface area contributed by atoms with Crippen LogP contribution in [-0.2, 0) is 12.7 Å². The fourth-order valence-corrected chi connectivity index (χ4v) is 3.53. The summed E-state index contributed by atoms with van der Waals surface area (Å²) in [5, 5.41) is 0.625. The number of hydrogen-bond acceptors (Lipinski definition) is 3. The number of para-hydroxylation sites is 3. The van der Waals surface area contributed by atoms with Crippen LogP contribution in [0.2, 0.25) is 0 Å². The Balaban J connectivity index is 1.87. The molecule has 0 aliphatic rings. The fourth-order valence-electron chi connectivity index (χ4n) is 2.57. The maximum absolute atomic E-state index is 13.3. The zero-order valence-electron chi connectivity index (χ0n) is 11.7. The van der Waals surface area contributed by atoms with Crippen LogP contribution in [0.25, 0.3) is 21.3 Å². The summed E-state index contributed by atoms with van der Waals surface area (Å²) in [5.74, 6) is -0.891. The van der Waals surface area contributed by atoms with Crippen molar-refractivity contribution in [1.82, 2.24) is 14.5 Å². The molecule has 0 amide bonds. The topological polar surface area (TPSA) is 30.7 Å². The van der Waals surface area contributed by atoms with E-state index in [0.717, 1.165) is 10.2 Å². The summed E-state index contributed by atoms with van der Waals surface area (Å²) in [4.78, 5) is 8.17. The standard InChI is InChI=1S/C16H10F3N3S/c17-16(18,19)15-21-10-5-1-3-7-12(10)22(15)9-14-20-11-6-2-4-8-13(11)23-14/h1-8H,9H2. The van der Waals surface area contributed by atoms with Crippen LogP contribution in [0.1, 0.15) is 10.8 Å². The molecule has 0 N–H and O–H groups in total. The van der Waals surface area contributed by atoms with E-state index >= 15 is 0 Å². The highest BCUT2D eigenvalue weighted by atomic mass is 32.1. The molecule has 0 saturated carbocycles. The Hall–Kier alpha value is -2.41. The Bertz CT molecular complexity index is 968. The summed E-state index contributed by atoms with van der Waals surface area (Å²) in [5.41, 5.74) is 1.59. The summed E-state index contributed by atoms with van der Waals surface area (Å²) in [6.07, 6.45) is -4.50. The molecule has 2 aromatic heterocycles. The van der Waals surface area contributed by atoms with Gasteiger partial charge in [-0.15, -0.1) is 11.3 Å². The molecule has 0 atom stereocenters. The molecule has 0 aliphatic carbocycles. The summed E-state index contributed by atoms with van der Waals surface area (Å²) < 4.78 is 42.0. The van der Waals surface area contributed by atoms with Gasteiger partial charge in [-0.1, -0.05) is 24.3 Å². The number of halogens is 3. The lowest BCUT2D eigenvalue weighted by Crippen LogP contribution is -2.15. The summed E-state index contributed by atoms with van der Waals surface area (Å²) in [7, 11) is 0. The number of nitrogens with zero attached hydrogens (tertiary/aromatic N) is 3. The predicted molar refractivity (Wildman–Crippen MR) is 83.5 cm³/mol. The summed E-state index contributed by atoms with van der Waals surface area (Å²) in [6.45, 7) is 0.0503. The van der Waals surface area contributed by atoms with Crippen LogP contribution >= 0.6 is 11.3 Å². The Morgan fingerprint density at radius 2 is 1.61 bits per heavy atom. The lowest BCUT2D eigenvalue weighted by molar-refractivity contribution is -0.146. The Labute approximate surface area is 133 Å². The lowest BCUT2D eigenvalue weighted by Gasteiger charge is -2.09. The number of fused-ring (bicyclic) bond motifs is 2. The average Bonchev–Trinajstić information content (AvgIpc) is 3.08. The summed E-state index contributed by atoms with van der Waals surface area (Å²) >= 11 is 1.40. The third-order valence-electron chi connectivity index (χ3n) is 3.54. The molecule has 0 unspecified atom stereocenters. The molecule has 4 rings (SSSR count). The Morgan fingerprint density at radius 3 is 2.35 bits per heavy atom. The average molecular weight is 333 g/mol. The van der Waals surface area contributed by atoms with Crippen LogP contribution in [0.15, 0.2) is 48.5 Å². The first-order valence-electron chi connectivity index (χ1n) is 6.89. The minimum atomic E-state index is -4.50. The van der Waals surface area contributed by atoms with Gasteiger partial charge in [0.25, 0.3) is 0 Å². The van der Waals surface area contributed by atoms with Crippen molar-refractivity contribution in [3.63, 3.8) is 0 Å². The highest BCUT2D eigenvalue weighted by Crippen LogP contribution is 2.33. The Morgan fingerprint density at radius 1 is 0.913 bits per heavy atom. The van der Waals surface area contributed by atoms with Gasteiger partial charge in [-0.2, -0.15) is 13.2 Å². The van der Waals surface area contributed by atoms with Crippen LogP contribution < -0.4 is 0 Å². The highest BCUT2D eigenvalue weighted by Gasteiger charge is 2.37. The fraction of sp³-hybridized carbons (Fsp3) is 0.125. The molecule has 0 spiro atoms. The van der Waals surface area contributed by atoms with Gasteiger partial charge in [0.1, 0.15) is 5.01 Å². The van der Waals surface area contributed by atoms with Crippen LogP contribution in [0.4, 0.5) is 13.2 Å². The number of hydrogen-bond donors (Lipinski definition) is 0. The van der Waals surface area contributed by atoms with E-state index in [9.17, 15) is 13.2 Å². The van der Waals surface area contributed by atoms with Crippen molar-refractivity contribution in [3.8, 4) is 0 Å². The number of thiazole rings is 1. The molecule has 0 saturated heterocycles. The van der Waals surface area contributed by atoms with Gasteiger partial charge in [0.2, 0.25) is 5.82 Å². The monoisotopic (exact) mass is 333 g/mol. The molecule has 3 nitrogen and oxygen atoms in total. The normalized spacial score (nSPS) is 12.3. The van der Waals surface area contributed by atoms with Gasteiger partial charge >= 0.3 is 6.18 Å². The van der Waals surface area contributed by atoms with Gasteiger partial charge in [0, 0.05) is 0 Å².